The molecule has 1 heterocycles. The summed E-state index contributed by atoms with van der Waals surface area (Å²) in [5.74, 6) is 0. The van der Waals surface area contributed by atoms with Gasteiger partial charge in [-0.15, -0.1) is 0 Å². The van der Waals surface area contributed by atoms with Gasteiger partial charge in [-0.3, -0.25) is 0 Å². The van der Waals surface area contributed by atoms with Crippen LogP contribution in [0.2, 0.25) is 0 Å². The first kappa shape index (κ1) is 12.4. The van der Waals surface area contributed by atoms with E-state index in [-0.39, 0.29) is 18.7 Å². The molecular formula is C17H19NO. The lowest BCUT2D eigenvalue weighted by Crippen LogP contribution is -2.42. The molecule has 2 N–H and O–H groups in total. The molecular weight excluding hydrogens is 234 g/mol. The Kier molecular flexibility index (Phi) is 3.36. The maximum atomic E-state index is 9.49. The number of aliphatic hydroxyl groups is 1. The number of fused-ring (bicyclic) bond motifs is 1. The van der Waals surface area contributed by atoms with E-state index in [0.717, 1.165) is 6.42 Å². The van der Waals surface area contributed by atoms with Crippen LogP contribution in [0.25, 0.3) is 0 Å². The third-order valence-corrected chi connectivity index (χ3v) is 3.83. The number of aliphatic hydroxyl groups excluding tert-OH is 1. The fourth-order valence-corrected chi connectivity index (χ4v) is 2.88. The summed E-state index contributed by atoms with van der Waals surface area (Å²) in [6.07, 6.45) is 0.900. The van der Waals surface area contributed by atoms with Gasteiger partial charge in [0.2, 0.25) is 0 Å². The second-order valence-corrected chi connectivity index (χ2v) is 5.30. The molecule has 2 nitrogen and oxygen atoms in total. The van der Waals surface area contributed by atoms with Gasteiger partial charge in [0.1, 0.15) is 0 Å². The Labute approximate surface area is 114 Å². The minimum Gasteiger partial charge on any atom is -0.395 e. The lowest BCUT2D eigenvalue weighted by molar-refractivity contribution is 0.229. The first-order valence-electron chi connectivity index (χ1n) is 6.79. The van der Waals surface area contributed by atoms with Crippen molar-refractivity contribution in [1.82, 2.24) is 5.32 Å². The summed E-state index contributed by atoms with van der Waals surface area (Å²) in [6.45, 7) is 2.30. The lowest BCUT2D eigenvalue weighted by Gasteiger charge is -2.33. The summed E-state index contributed by atoms with van der Waals surface area (Å²) in [4.78, 5) is 0. The third-order valence-electron chi connectivity index (χ3n) is 3.83. The zero-order chi connectivity index (χ0) is 13.2. The standard InChI is InChI=1S/C17H19NO/c1-12-7-8-16-14(9-12)10-15(11-19)18-17(16)13-5-3-2-4-6-13/h2-9,15,17-19H,10-11H2,1H3/t15-,17-/m0/s1. The third kappa shape index (κ3) is 2.42. The summed E-state index contributed by atoms with van der Waals surface area (Å²) < 4.78 is 0. The second-order valence-electron chi connectivity index (χ2n) is 5.30. The van der Waals surface area contributed by atoms with Crippen LogP contribution in [0, 0.1) is 6.92 Å². The number of hydrogen-bond acceptors (Lipinski definition) is 2. The summed E-state index contributed by atoms with van der Waals surface area (Å²) in [6, 6.07) is 17.4. The molecule has 0 aromatic heterocycles. The van der Waals surface area contributed by atoms with E-state index in [0.29, 0.717) is 0 Å². The van der Waals surface area contributed by atoms with E-state index in [1.54, 1.807) is 0 Å². The molecule has 0 amide bonds. The van der Waals surface area contributed by atoms with Crippen LogP contribution in [0.3, 0.4) is 0 Å². The molecule has 0 radical (unpaired) electrons. The van der Waals surface area contributed by atoms with Crippen molar-refractivity contribution in [3.05, 3.63) is 70.8 Å². The molecule has 19 heavy (non-hydrogen) atoms. The smallest absolute Gasteiger partial charge is 0.0588 e. The Morgan fingerprint density at radius 3 is 2.68 bits per heavy atom. The Morgan fingerprint density at radius 2 is 1.95 bits per heavy atom. The van der Waals surface area contributed by atoms with Crippen molar-refractivity contribution >= 4 is 0 Å². The topological polar surface area (TPSA) is 32.3 Å². The van der Waals surface area contributed by atoms with Gasteiger partial charge >= 0.3 is 0 Å². The van der Waals surface area contributed by atoms with Gasteiger partial charge in [-0.05, 0) is 30.0 Å². The molecule has 98 valence electrons. The maximum absolute atomic E-state index is 9.49. The molecule has 1 aliphatic rings. The maximum Gasteiger partial charge on any atom is 0.0588 e. The second kappa shape index (κ2) is 5.16. The lowest BCUT2D eigenvalue weighted by atomic mass is 9.86. The highest BCUT2D eigenvalue weighted by Crippen LogP contribution is 2.31. The molecule has 0 fully saturated rings. The van der Waals surface area contributed by atoms with E-state index in [9.17, 15) is 5.11 Å². The Hall–Kier alpha value is -1.64. The van der Waals surface area contributed by atoms with Crippen molar-refractivity contribution in [2.24, 2.45) is 0 Å². The monoisotopic (exact) mass is 253 g/mol. The molecule has 0 aliphatic carbocycles. The van der Waals surface area contributed by atoms with Crippen LogP contribution in [0.1, 0.15) is 28.3 Å². The summed E-state index contributed by atoms with van der Waals surface area (Å²) >= 11 is 0. The van der Waals surface area contributed by atoms with E-state index >= 15 is 0 Å². The van der Waals surface area contributed by atoms with Crippen LogP contribution in [-0.2, 0) is 6.42 Å². The number of hydrogen-bond donors (Lipinski definition) is 2. The predicted molar refractivity (Wildman–Crippen MR) is 77.2 cm³/mol. The van der Waals surface area contributed by atoms with Gasteiger partial charge in [0.25, 0.3) is 0 Å². The molecule has 0 saturated heterocycles. The largest absolute Gasteiger partial charge is 0.395 e. The molecule has 0 spiro atoms. The highest BCUT2D eigenvalue weighted by Gasteiger charge is 2.26. The molecule has 2 aromatic rings. The molecule has 0 bridgehead atoms. The minimum atomic E-state index is 0.138. The highest BCUT2D eigenvalue weighted by molar-refractivity contribution is 5.42. The average Bonchev–Trinajstić information content (AvgIpc) is 2.46. The van der Waals surface area contributed by atoms with Crippen LogP contribution in [-0.4, -0.2) is 17.8 Å². The van der Waals surface area contributed by atoms with Crippen LogP contribution in [0.5, 0.6) is 0 Å². The quantitative estimate of drug-likeness (QED) is 0.862. The van der Waals surface area contributed by atoms with Gasteiger partial charge in [0.05, 0.1) is 12.6 Å². The van der Waals surface area contributed by atoms with Crippen LogP contribution >= 0.6 is 0 Å². The zero-order valence-electron chi connectivity index (χ0n) is 11.1. The van der Waals surface area contributed by atoms with Gasteiger partial charge < -0.3 is 10.4 Å². The number of benzene rings is 2. The van der Waals surface area contributed by atoms with E-state index in [1.807, 2.05) is 6.07 Å². The molecule has 2 atom stereocenters. The summed E-state index contributed by atoms with van der Waals surface area (Å²) in [7, 11) is 0. The van der Waals surface area contributed by atoms with E-state index in [2.05, 4.69) is 54.7 Å². The van der Waals surface area contributed by atoms with Crippen LogP contribution < -0.4 is 5.32 Å². The fourth-order valence-electron chi connectivity index (χ4n) is 2.88. The molecule has 3 rings (SSSR count). The van der Waals surface area contributed by atoms with Crippen LogP contribution in [0.15, 0.2) is 48.5 Å². The van der Waals surface area contributed by atoms with Gasteiger partial charge in [-0.2, -0.15) is 0 Å². The summed E-state index contributed by atoms with van der Waals surface area (Å²) in [5.41, 5.74) is 5.23. The van der Waals surface area contributed by atoms with Gasteiger partial charge in [0, 0.05) is 6.04 Å². The van der Waals surface area contributed by atoms with Gasteiger partial charge in [-0.25, -0.2) is 0 Å². The molecule has 0 saturated carbocycles. The average molecular weight is 253 g/mol. The fraction of sp³-hybridized carbons (Fsp3) is 0.294. The minimum absolute atomic E-state index is 0.138. The first-order valence-corrected chi connectivity index (χ1v) is 6.79. The SMILES string of the molecule is Cc1ccc2c(c1)C[C@@H](CO)N[C@H]2c1ccccc1. The molecule has 2 aromatic carbocycles. The van der Waals surface area contributed by atoms with E-state index in [4.69, 9.17) is 0 Å². The van der Waals surface area contributed by atoms with E-state index in [1.165, 1.54) is 22.3 Å². The van der Waals surface area contributed by atoms with Gasteiger partial charge in [-0.1, -0.05) is 54.1 Å². The summed E-state index contributed by atoms with van der Waals surface area (Å²) in [5, 5.41) is 13.0. The molecule has 1 aliphatic heterocycles. The number of rotatable bonds is 2. The zero-order valence-corrected chi connectivity index (χ0v) is 11.1. The predicted octanol–water partition coefficient (Wildman–Crippen LogP) is 2.59. The van der Waals surface area contributed by atoms with Crippen LogP contribution in [0.4, 0.5) is 0 Å². The van der Waals surface area contributed by atoms with Crippen molar-refractivity contribution < 1.29 is 5.11 Å². The van der Waals surface area contributed by atoms with E-state index < -0.39 is 0 Å². The number of nitrogens with one attached hydrogen (secondary N) is 1. The Balaban J connectivity index is 2.06. The number of aryl methyl sites for hydroxylation is 1. The molecule has 0 unspecified atom stereocenters. The van der Waals surface area contributed by atoms with Crippen molar-refractivity contribution in [2.45, 2.75) is 25.4 Å². The Morgan fingerprint density at radius 1 is 1.16 bits per heavy atom. The van der Waals surface area contributed by atoms with Gasteiger partial charge in [0.15, 0.2) is 0 Å². The van der Waals surface area contributed by atoms with Crippen molar-refractivity contribution in [1.29, 1.82) is 0 Å². The normalized spacial score (nSPS) is 22.0. The van der Waals surface area contributed by atoms with Crippen molar-refractivity contribution in [2.75, 3.05) is 6.61 Å². The van der Waals surface area contributed by atoms with Crippen molar-refractivity contribution in [3.63, 3.8) is 0 Å². The van der Waals surface area contributed by atoms with Crippen molar-refractivity contribution in [3.8, 4) is 0 Å². The first-order chi connectivity index (χ1) is 9.28. The molecule has 2 heteroatoms. The highest BCUT2D eigenvalue weighted by atomic mass is 16.3. The Bertz CT molecular complexity index is 565.